The van der Waals surface area contributed by atoms with Gasteiger partial charge in [-0.2, -0.15) is 0 Å². The number of hydrogen-bond acceptors (Lipinski definition) is 4. The summed E-state index contributed by atoms with van der Waals surface area (Å²) in [6.45, 7) is 2.20. The van der Waals surface area contributed by atoms with Crippen LogP contribution in [0, 0.1) is 6.92 Å². The van der Waals surface area contributed by atoms with Gasteiger partial charge in [-0.25, -0.2) is 0 Å². The third-order valence-corrected chi connectivity index (χ3v) is 2.74. The molecule has 5 nitrogen and oxygen atoms in total. The molecule has 0 radical (unpaired) electrons. The Bertz CT molecular complexity index is 445. The minimum atomic E-state index is -0.375. The van der Waals surface area contributed by atoms with Crippen LogP contribution in [-0.2, 0) is 9.53 Å². The van der Waals surface area contributed by atoms with Gasteiger partial charge in [0.05, 0.1) is 20.1 Å². The zero-order chi connectivity index (χ0) is 14.3. The normalized spacial score (nSPS) is 10.1. The van der Waals surface area contributed by atoms with E-state index in [1.807, 2.05) is 13.0 Å². The molecule has 0 aliphatic carbocycles. The molecule has 0 aliphatic heterocycles. The van der Waals surface area contributed by atoms with E-state index in [1.165, 1.54) is 12.0 Å². The molecule has 1 rings (SSSR count). The number of aryl methyl sites for hydroxylation is 1. The second-order valence-electron chi connectivity index (χ2n) is 4.21. The number of benzene rings is 1. The van der Waals surface area contributed by atoms with E-state index >= 15 is 0 Å². The molecule has 0 saturated carbocycles. The molecule has 0 spiro atoms. The van der Waals surface area contributed by atoms with E-state index in [4.69, 9.17) is 5.11 Å². The maximum absolute atomic E-state index is 12.3. The Balaban J connectivity index is 2.74. The van der Waals surface area contributed by atoms with Crippen LogP contribution in [0.5, 0.6) is 0 Å². The number of methoxy groups -OCH3 is 1. The number of aliphatic hydroxyl groups excluding tert-OH is 1. The SMILES string of the molecule is COC(=O)CCN(CCO)C(=O)c1cccc(C)c1. The van der Waals surface area contributed by atoms with Gasteiger partial charge in [0.15, 0.2) is 0 Å². The molecule has 0 unspecified atom stereocenters. The van der Waals surface area contributed by atoms with Crippen LogP contribution in [0.15, 0.2) is 24.3 Å². The van der Waals surface area contributed by atoms with Crippen molar-refractivity contribution in [3.8, 4) is 0 Å². The molecular weight excluding hydrogens is 246 g/mol. The van der Waals surface area contributed by atoms with Crippen molar-refractivity contribution in [2.24, 2.45) is 0 Å². The van der Waals surface area contributed by atoms with Crippen molar-refractivity contribution in [2.75, 3.05) is 26.8 Å². The van der Waals surface area contributed by atoms with Gasteiger partial charge in [0.1, 0.15) is 0 Å². The van der Waals surface area contributed by atoms with Gasteiger partial charge in [-0.1, -0.05) is 17.7 Å². The van der Waals surface area contributed by atoms with E-state index in [1.54, 1.807) is 18.2 Å². The first kappa shape index (κ1) is 15.2. The van der Waals surface area contributed by atoms with Crippen LogP contribution in [0.4, 0.5) is 0 Å². The van der Waals surface area contributed by atoms with Crippen molar-refractivity contribution in [1.82, 2.24) is 4.90 Å². The van der Waals surface area contributed by atoms with Crippen molar-refractivity contribution in [3.63, 3.8) is 0 Å². The van der Waals surface area contributed by atoms with Crippen molar-refractivity contribution >= 4 is 11.9 Å². The second kappa shape index (κ2) is 7.53. The summed E-state index contributed by atoms with van der Waals surface area (Å²) in [5.74, 6) is -0.568. The molecule has 1 N–H and O–H groups in total. The molecule has 0 bridgehead atoms. The molecule has 1 amide bonds. The number of aliphatic hydroxyl groups is 1. The van der Waals surface area contributed by atoms with Crippen LogP contribution in [0.25, 0.3) is 0 Å². The van der Waals surface area contributed by atoms with E-state index in [0.29, 0.717) is 5.56 Å². The minimum Gasteiger partial charge on any atom is -0.469 e. The Morgan fingerprint density at radius 2 is 2.05 bits per heavy atom. The van der Waals surface area contributed by atoms with Crippen molar-refractivity contribution in [2.45, 2.75) is 13.3 Å². The fraction of sp³-hybridized carbons (Fsp3) is 0.429. The lowest BCUT2D eigenvalue weighted by molar-refractivity contribution is -0.140. The quantitative estimate of drug-likeness (QED) is 0.779. The molecule has 0 aliphatic rings. The number of hydrogen-bond donors (Lipinski definition) is 1. The third-order valence-electron chi connectivity index (χ3n) is 2.74. The highest BCUT2D eigenvalue weighted by Gasteiger charge is 2.16. The Morgan fingerprint density at radius 3 is 2.63 bits per heavy atom. The fourth-order valence-electron chi connectivity index (χ4n) is 1.72. The summed E-state index contributed by atoms with van der Waals surface area (Å²) in [6.07, 6.45) is 0.119. The smallest absolute Gasteiger partial charge is 0.307 e. The number of esters is 1. The van der Waals surface area contributed by atoms with Crippen LogP contribution in [0.2, 0.25) is 0 Å². The molecule has 0 atom stereocenters. The first-order valence-electron chi connectivity index (χ1n) is 6.12. The lowest BCUT2D eigenvalue weighted by Crippen LogP contribution is -2.35. The first-order valence-corrected chi connectivity index (χ1v) is 6.12. The zero-order valence-electron chi connectivity index (χ0n) is 11.3. The molecule has 0 fully saturated rings. The van der Waals surface area contributed by atoms with Gasteiger partial charge in [0.2, 0.25) is 0 Å². The standard InChI is InChI=1S/C14H19NO4/c1-11-4-3-5-12(10-11)14(18)15(8-9-16)7-6-13(17)19-2/h3-5,10,16H,6-9H2,1-2H3. The van der Waals surface area contributed by atoms with Crippen LogP contribution in [0.3, 0.4) is 0 Å². The third kappa shape index (κ3) is 4.71. The second-order valence-corrected chi connectivity index (χ2v) is 4.21. The molecule has 5 heteroatoms. The summed E-state index contributed by atoms with van der Waals surface area (Å²) in [4.78, 5) is 24.8. The summed E-state index contributed by atoms with van der Waals surface area (Å²) in [5.41, 5.74) is 1.54. The van der Waals surface area contributed by atoms with Gasteiger partial charge in [-0.3, -0.25) is 9.59 Å². The van der Waals surface area contributed by atoms with Gasteiger partial charge in [-0.15, -0.1) is 0 Å². The predicted octanol–water partition coefficient (Wildman–Crippen LogP) is 0.993. The Kier molecular flexibility index (Phi) is 6.02. The highest BCUT2D eigenvalue weighted by atomic mass is 16.5. The van der Waals surface area contributed by atoms with Crippen LogP contribution in [0.1, 0.15) is 22.3 Å². The molecule has 0 saturated heterocycles. The van der Waals surface area contributed by atoms with E-state index in [-0.39, 0.29) is 38.0 Å². The Labute approximate surface area is 112 Å². The number of ether oxygens (including phenoxy) is 1. The maximum atomic E-state index is 12.3. The molecular formula is C14H19NO4. The van der Waals surface area contributed by atoms with E-state index in [9.17, 15) is 9.59 Å². The molecule has 1 aromatic carbocycles. The maximum Gasteiger partial charge on any atom is 0.307 e. The van der Waals surface area contributed by atoms with E-state index in [2.05, 4.69) is 4.74 Å². The topological polar surface area (TPSA) is 66.8 Å². The van der Waals surface area contributed by atoms with Crippen molar-refractivity contribution in [1.29, 1.82) is 0 Å². The zero-order valence-corrected chi connectivity index (χ0v) is 11.3. The van der Waals surface area contributed by atoms with E-state index in [0.717, 1.165) is 5.56 Å². The average molecular weight is 265 g/mol. The van der Waals surface area contributed by atoms with Crippen LogP contribution in [-0.4, -0.2) is 48.7 Å². The molecule has 0 heterocycles. The van der Waals surface area contributed by atoms with Gasteiger partial charge in [-0.05, 0) is 19.1 Å². The average Bonchev–Trinajstić information content (AvgIpc) is 2.42. The lowest BCUT2D eigenvalue weighted by Gasteiger charge is -2.21. The van der Waals surface area contributed by atoms with Gasteiger partial charge in [0.25, 0.3) is 5.91 Å². The fourth-order valence-corrected chi connectivity index (χ4v) is 1.72. The minimum absolute atomic E-state index is 0.119. The number of carbonyl (C=O) groups excluding carboxylic acids is 2. The van der Waals surface area contributed by atoms with Gasteiger partial charge in [0, 0.05) is 18.7 Å². The summed E-state index contributed by atoms with van der Waals surface area (Å²) in [7, 11) is 1.31. The highest BCUT2D eigenvalue weighted by Crippen LogP contribution is 2.08. The highest BCUT2D eigenvalue weighted by molar-refractivity contribution is 5.94. The predicted molar refractivity (Wildman–Crippen MR) is 70.8 cm³/mol. The Hall–Kier alpha value is -1.88. The van der Waals surface area contributed by atoms with Gasteiger partial charge >= 0.3 is 5.97 Å². The van der Waals surface area contributed by atoms with Crippen molar-refractivity contribution < 1.29 is 19.4 Å². The summed E-state index contributed by atoms with van der Waals surface area (Å²) in [5, 5.41) is 9.00. The largest absolute Gasteiger partial charge is 0.469 e. The van der Waals surface area contributed by atoms with Crippen LogP contribution < -0.4 is 0 Å². The lowest BCUT2D eigenvalue weighted by atomic mass is 10.1. The Morgan fingerprint density at radius 1 is 1.32 bits per heavy atom. The van der Waals surface area contributed by atoms with Crippen molar-refractivity contribution in [3.05, 3.63) is 35.4 Å². The number of amides is 1. The molecule has 1 aromatic rings. The first-order chi connectivity index (χ1) is 9.08. The summed E-state index contributed by atoms with van der Waals surface area (Å²) >= 11 is 0. The summed E-state index contributed by atoms with van der Waals surface area (Å²) < 4.78 is 4.54. The van der Waals surface area contributed by atoms with Crippen LogP contribution >= 0.6 is 0 Å². The molecule has 0 aromatic heterocycles. The molecule has 104 valence electrons. The monoisotopic (exact) mass is 265 g/mol. The van der Waals surface area contributed by atoms with E-state index < -0.39 is 0 Å². The number of nitrogens with zero attached hydrogens (tertiary/aromatic N) is 1. The number of carbonyl (C=O) groups is 2. The van der Waals surface area contributed by atoms with Gasteiger partial charge < -0.3 is 14.7 Å². The summed E-state index contributed by atoms with van der Waals surface area (Å²) in [6, 6.07) is 7.21. The number of rotatable bonds is 6. The molecule has 19 heavy (non-hydrogen) atoms.